The van der Waals surface area contributed by atoms with Gasteiger partial charge in [0.05, 0.1) is 0 Å². The summed E-state index contributed by atoms with van der Waals surface area (Å²) in [5, 5.41) is 2.27. The molecule has 0 spiro atoms. The second kappa shape index (κ2) is 7.72. The van der Waals surface area contributed by atoms with Crippen molar-refractivity contribution in [1.29, 1.82) is 0 Å². The molecule has 1 aliphatic rings. The summed E-state index contributed by atoms with van der Waals surface area (Å²) in [5.74, 6) is 0. The molecule has 3 aromatic rings. The number of aliphatic imine (C=N–C) groups is 1. The van der Waals surface area contributed by atoms with Gasteiger partial charge in [-0.1, -0.05) is 36.4 Å². The second-order valence-corrected chi connectivity index (χ2v) is 5.05. The Labute approximate surface area is 150 Å². The third-order valence-electron chi connectivity index (χ3n) is 3.67. The van der Waals surface area contributed by atoms with Gasteiger partial charge in [-0.15, -0.1) is 11.4 Å². The normalized spacial score (nSPS) is 13.4. The third-order valence-corrected chi connectivity index (χ3v) is 3.67. The van der Waals surface area contributed by atoms with Crippen LogP contribution in [-0.2, 0) is 18.8 Å². The molecular formula is C18H14ClN3Pt. The van der Waals surface area contributed by atoms with Crippen LogP contribution in [0.1, 0.15) is 18.5 Å². The van der Waals surface area contributed by atoms with E-state index in [2.05, 4.69) is 37.6 Å². The van der Waals surface area contributed by atoms with Gasteiger partial charge >= 0.3 is 28.2 Å². The van der Waals surface area contributed by atoms with Gasteiger partial charge in [0, 0.05) is 23.8 Å². The molecule has 3 nitrogen and oxygen atoms in total. The molecule has 0 fully saturated rings. The molecule has 0 unspecified atom stereocenters. The molecule has 0 bridgehead atoms. The molecule has 2 aromatic heterocycles. The predicted molar refractivity (Wildman–Crippen MR) is 92.1 cm³/mol. The number of hydrogen-bond donors (Lipinski definition) is 0. The number of allylic oxidation sites excluding steroid dienone is 1. The van der Waals surface area contributed by atoms with Crippen molar-refractivity contribution in [1.82, 2.24) is 9.97 Å². The van der Waals surface area contributed by atoms with E-state index in [0.717, 1.165) is 46.4 Å². The topological polar surface area (TPSA) is 39.4 Å². The number of benzene rings is 1. The summed E-state index contributed by atoms with van der Waals surface area (Å²) in [6.45, 7) is 0. The Morgan fingerprint density at radius 1 is 0.913 bits per heavy atom. The quantitative estimate of drug-likeness (QED) is 0.507. The summed E-state index contributed by atoms with van der Waals surface area (Å²) in [6.07, 6.45) is 7.97. The number of pyridine rings is 1. The van der Waals surface area contributed by atoms with Crippen LogP contribution in [-0.4, -0.2) is 11.2 Å². The zero-order valence-electron chi connectivity index (χ0n) is 12.2. The SMILES string of the molecule is C1=NC(c2[n-]c(-c3ccccn3)c3ccccc23)=CCC1.[Cl][Pt+]. The van der Waals surface area contributed by atoms with Crippen molar-refractivity contribution < 1.29 is 18.8 Å². The minimum atomic E-state index is 0.903. The minimum absolute atomic E-state index is 0.903. The van der Waals surface area contributed by atoms with Crippen molar-refractivity contribution in [3.8, 4) is 11.4 Å². The Balaban J connectivity index is 0.000000753. The molecule has 5 heteroatoms. The van der Waals surface area contributed by atoms with Crippen molar-refractivity contribution in [2.45, 2.75) is 12.8 Å². The molecule has 0 N–H and O–H groups in total. The van der Waals surface area contributed by atoms with Crippen LogP contribution in [0.25, 0.3) is 27.9 Å². The van der Waals surface area contributed by atoms with Crippen LogP contribution in [0, 0.1) is 0 Å². The van der Waals surface area contributed by atoms with Gasteiger partial charge in [-0.3, -0.25) is 9.98 Å². The third kappa shape index (κ3) is 3.31. The molecule has 0 atom stereocenters. The van der Waals surface area contributed by atoms with Crippen LogP contribution in [0.3, 0.4) is 0 Å². The molecule has 23 heavy (non-hydrogen) atoms. The van der Waals surface area contributed by atoms with E-state index in [9.17, 15) is 0 Å². The van der Waals surface area contributed by atoms with Crippen molar-refractivity contribution in [3.05, 3.63) is 60.4 Å². The van der Waals surface area contributed by atoms with Crippen LogP contribution in [0.2, 0.25) is 0 Å². The fourth-order valence-electron chi connectivity index (χ4n) is 2.69. The average Bonchev–Trinajstić information content (AvgIpc) is 3.05. The van der Waals surface area contributed by atoms with Crippen molar-refractivity contribution >= 4 is 32.1 Å². The zero-order valence-corrected chi connectivity index (χ0v) is 15.3. The molecule has 0 aliphatic carbocycles. The summed E-state index contributed by atoms with van der Waals surface area (Å²) in [7, 11) is 4.61. The van der Waals surface area contributed by atoms with E-state index < -0.39 is 0 Å². The van der Waals surface area contributed by atoms with Crippen LogP contribution >= 0.6 is 9.42 Å². The van der Waals surface area contributed by atoms with Gasteiger partial charge in [-0.2, -0.15) is 0 Å². The van der Waals surface area contributed by atoms with E-state index in [1.807, 2.05) is 36.5 Å². The molecule has 4 rings (SSSR count). The van der Waals surface area contributed by atoms with Crippen molar-refractivity contribution in [2.75, 3.05) is 0 Å². The van der Waals surface area contributed by atoms with Gasteiger partial charge in [0.1, 0.15) is 0 Å². The molecule has 1 aliphatic heterocycles. The first kappa shape index (κ1) is 16.2. The molecule has 0 amide bonds. The molecule has 118 valence electrons. The number of rotatable bonds is 2. The van der Waals surface area contributed by atoms with Gasteiger partial charge in [-0.05, 0) is 35.7 Å². The summed E-state index contributed by atoms with van der Waals surface area (Å²) in [6, 6.07) is 14.2. The second-order valence-electron chi connectivity index (χ2n) is 5.05. The summed E-state index contributed by atoms with van der Waals surface area (Å²) in [5.41, 5.74) is 3.77. The Bertz CT molecular complexity index is 853. The number of hydrogen-bond acceptors (Lipinski definition) is 2. The van der Waals surface area contributed by atoms with E-state index in [0.29, 0.717) is 0 Å². The van der Waals surface area contributed by atoms with E-state index >= 15 is 0 Å². The number of fused-ring (bicyclic) bond motifs is 1. The van der Waals surface area contributed by atoms with Gasteiger partial charge in [0.2, 0.25) is 0 Å². The van der Waals surface area contributed by atoms with Crippen LogP contribution in [0.5, 0.6) is 0 Å². The fourth-order valence-corrected chi connectivity index (χ4v) is 2.69. The molecule has 1 aromatic carbocycles. The Hall–Kier alpha value is -1.70. The molecule has 0 radical (unpaired) electrons. The van der Waals surface area contributed by atoms with Crippen LogP contribution in [0.15, 0.2) is 59.7 Å². The van der Waals surface area contributed by atoms with Gasteiger partial charge in [0.25, 0.3) is 0 Å². The number of halogens is 1. The average molecular weight is 503 g/mol. The molecular weight excluding hydrogens is 489 g/mol. The van der Waals surface area contributed by atoms with Crippen molar-refractivity contribution in [3.63, 3.8) is 0 Å². The van der Waals surface area contributed by atoms with Crippen molar-refractivity contribution in [2.24, 2.45) is 4.99 Å². The van der Waals surface area contributed by atoms with E-state index in [1.54, 1.807) is 25.0 Å². The predicted octanol–water partition coefficient (Wildman–Crippen LogP) is 4.75. The first-order chi connectivity index (χ1) is 11.4. The Kier molecular flexibility index (Phi) is 5.42. The Morgan fingerprint density at radius 3 is 2.30 bits per heavy atom. The summed E-state index contributed by atoms with van der Waals surface area (Å²) >= 11 is 1.61. The van der Waals surface area contributed by atoms with Crippen LogP contribution in [0.4, 0.5) is 0 Å². The zero-order chi connectivity index (χ0) is 16.1. The standard InChI is InChI=1S/C18H14N3.ClH.Pt/c1-2-8-14-13(7-1)17(15-9-3-5-11-19-15)21-18(14)16-10-4-6-12-20-16;;/h1-3,5,7-12H,4,6H2;1H;/q-1;;+2/p-1. The van der Waals surface area contributed by atoms with E-state index in [-0.39, 0.29) is 0 Å². The van der Waals surface area contributed by atoms with E-state index in [1.165, 1.54) is 0 Å². The van der Waals surface area contributed by atoms with Gasteiger partial charge in [-0.25, -0.2) is 0 Å². The Morgan fingerprint density at radius 2 is 1.65 bits per heavy atom. The van der Waals surface area contributed by atoms with Gasteiger partial charge in [0.15, 0.2) is 0 Å². The first-order valence-electron chi connectivity index (χ1n) is 7.25. The number of nitrogens with zero attached hydrogens (tertiary/aromatic N) is 3. The monoisotopic (exact) mass is 502 g/mol. The maximum absolute atomic E-state index is 4.84. The molecule has 0 saturated carbocycles. The first-order valence-corrected chi connectivity index (χ1v) is 10.1. The maximum atomic E-state index is 4.84. The summed E-state index contributed by atoms with van der Waals surface area (Å²) in [4.78, 5) is 13.8. The van der Waals surface area contributed by atoms with Crippen LogP contribution < -0.4 is 4.98 Å². The van der Waals surface area contributed by atoms with E-state index in [4.69, 9.17) is 4.98 Å². The fraction of sp³-hybridized carbons (Fsp3) is 0.111. The number of aromatic nitrogens is 2. The molecule has 3 heterocycles. The summed E-state index contributed by atoms with van der Waals surface area (Å²) < 4.78 is 0. The molecule has 0 saturated heterocycles. The van der Waals surface area contributed by atoms with Gasteiger partial charge < -0.3 is 4.98 Å².